The fraction of sp³-hybridized carbons (Fsp3) is 0.464. The van der Waals surface area contributed by atoms with Crippen LogP contribution in [0.3, 0.4) is 0 Å². The number of hydrogen-bond donors (Lipinski definition) is 0. The number of fused-ring (bicyclic) bond motifs is 1. The van der Waals surface area contributed by atoms with Crippen molar-refractivity contribution in [2.24, 2.45) is 0 Å². The summed E-state index contributed by atoms with van der Waals surface area (Å²) in [6.07, 6.45) is 1.99. The second kappa shape index (κ2) is 8.77. The minimum absolute atomic E-state index is 0.0518. The van der Waals surface area contributed by atoms with Crippen LogP contribution in [0.4, 0.5) is 4.39 Å². The van der Waals surface area contributed by atoms with Crippen LogP contribution in [-0.2, 0) is 4.79 Å². The fourth-order valence-corrected chi connectivity index (χ4v) is 6.16. The summed E-state index contributed by atoms with van der Waals surface area (Å²) in [5.74, 6) is -1.09. The first-order chi connectivity index (χ1) is 16.7. The Hall–Kier alpha value is -3.22. The number of carbonyl (C=O) groups excluding carboxylic acids is 3. The van der Waals surface area contributed by atoms with E-state index in [4.69, 9.17) is 0 Å². The smallest absolute Gasteiger partial charge is 0.254 e. The Kier molecular flexibility index (Phi) is 5.90. The molecule has 0 N–H and O–H groups in total. The molecule has 0 saturated carbocycles. The molecular formula is C28H32FN3O3. The lowest BCUT2D eigenvalue weighted by Crippen LogP contribution is -2.68. The SMILES string of the molecule is Cc1ccc(F)cc1C(=O)N1CCC2(CC1)C(C(=O)N1CCC1)c1ccccc1C(=O)N2C(C)C. The van der Waals surface area contributed by atoms with Gasteiger partial charge in [-0.3, -0.25) is 14.4 Å². The minimum Gasteiger partial charge on any atom is -0.342 e. The van der Waals surface area contributed by atoms with E-state index < -0.39 is 17.3 Å². The maximum Gasteiger partial charge on any atom is 0.254 e. The van der Waals surface area contributed by atoms with Crippen LogP contribution in [0.2, 0.25) is 0 Å². The molecule has 1 spiro atoms. The normalized spacial score (nSPS) is 21.2. The highest BCUT2D eigenvalue weighted by atomic mass is 19.1. The zero-order chi connectivity index (χ0) is 24.9. The van der Waals surface area contributed by atoms with Crippen molar-refractivity contribution < 1.29 is 18.8 Å². The van der Waals surface area contributed by atoms with Crippen molar-refractivity contribution in [2.75, 3.05) is 26.2 Å². The zero-order valence-electron chi connectivity index (χ0n) is 20.6. The summed E-state index contributed by atoms with van der Waals surface area (Å²) in [4.78, 5) is 46.5. The molecule has 0 aliphatic carbocycles. The van der Waals surface area contributed by atoms with Gasteiger partial charge < -0.3 is 14.7 Å². The van der Waals surface area contributed by atoms with Gasteiger partial charge in [0.05, 0.1) is 11.5 Å². The first-order valence-corrected chi connectivity index (χ1v) is 12.5. The third kappa shape index (κ3) is 3.72. The van der Waals surface area contributed by atoms with Gasteiger partial charge in [-0.1, -0.05) is 24.3 Å². The molecule has 3 heterocycles. The molecule has 2 saturated heterocycles. The molecule has 6 nitrogen and oxygen atoms in total. The lowest BCUT2D eigenvalue weighted by Gasteiger charge is -2.57. The van der Waals surface area contributed by atoms with Gasteiger partial charge in [-0.05, 0) is 69.4 Å². The average Bonchev–Trinajstić information content (AvgIpc) is 2.79. The number of rotatable bonds is 3. The molecule has 3 aliphatic heterocycles. The van der Waals surface area contributed by atoms with Crippen molar-refractivity contribution in [3.8, 4) is 0 Å². The van der Waals surface area contributed by atoms with Gasteiger partial charge >= 0.3 is 0 Å². The Morgan fingerprint density at radius 3 is 2.31 bits per heavy atom. The first-order valence-electron chi connectivity index (χ1n) is 12.5. The van der Waals surface area contributed by atoms with Gasteiger partial charge in [-0.25, -0.2) is 4.39 Å². The number of aryl methyl sites for hydroxylation is 1. The topological polar surface area (TPSA) is 60.9 Å². The lowest BCUT2D eigenvalue weighted by molar-refractivity contribution is -0.142. The molecule has 184 valence electrons. The summed E-state index contributed by atoms with van der Waals surface area (Å²) in [6, 6.07) is 11.6. The molecule has 5 rings (SSSR count). The van der Waals surface area contributed by atoms with Gasteiger partial charge in [-0.15, -0.1) is 0 Å². The van der Waals surface area contributed by atoms with Crippen molar-refractivity contribution in [3.05, 3.63) is 70.5 Å². The number of likely N-dealkylation sites (tertiary alicyclic amines) is 2. The van der Waals surface area contributed by atoms with Gasteiger partial charge in [0.15, 0.2) is 0 Å². The maximum atomic E-state index is 13.9. The summed E-state index contributed by atoms with van der Waals surface area (Å²) in [6.45, 7) is 8.07. The van der Waals surface area contributed by atoms with E-state index in [9.17, 15) is 18.8 Å². The van der Waals surface area contributed by atoms with E-state index >= 15 is 0 Å². The fourth-order valence-electron chi connectivity index (χ4n) is 6.16. The molecule has 0 aromatic heterocycles. The van der Waals surface area contributed by atoms with Crippen LogP contribution in [-0.4, -0.2) is 70.2 Å². The zero-order valence-corrected chi connectivity index (χ0v) is 20.6. The van der Waals surface area contributed by atoms with Gasteiger partial charge in [-0.2, -0.15) is 0 Å². The predicted octanol–water partition coefficient (Wildman–Crippen LogP) is 3.99. The quantitative estimate of drug-likeness (QED) is 0.672. The third-order valence-corrected chi connectivity index (χ3v) is 8.02. The summed E-state index contributed by atoms with van der Waals surface area (Å²) in [5.41, 5.74) is 1.78. The molecule has 3 aliphatic rings. The molecule has 1 atom stereocenters. The number of amides is 3. The van der Waals surface area contributed by atoms with Crippen LogP contribution in [0.5, 0.6) is 0 Å². The van der Waals surface area contributed by atoms with E-state index in [-0.39, 0.29) is 23.8 Å². The second-order valence-electron chi connectivity index (χ2n) is 10.3. The Bertz CT molecular complexity index is 1180. The molecule has 2 aromatic rings. The lowest BCUT2D eigenvalue weighted by atomic mass is 9.66. The molecule has 35 heavy (non-hydrogen) atoms. The van der Waals surface area contributed by atoms with Gasteiger partial charge in [0.1, 0.15) is 5.82 Å². The molecular weight excluding hydrogens is 445 g/mol. The molecule has 2 fully saturated rings. The summed E-state index contributed by atoms with van der Waals surface area (Å²) >= 11 is 0. The van der Waals surface area contributed by atoms with Crippen molar-refractivity contribution in [1.82, 2.24) is 14.7 Å². The van der Waals surface area contributed by atoms with Gasteiger partial charge in [0.25, 0.3) is 11.8 Å². The maximum absolute atomic E-state index is 13.9. The van der Waals surface area contributed by atoms with Gasteiger partial charge in [0, 0.05) is 43.3 Å². The monoisotopic (exact) mass is 477 g/mol. The molecule has 7 heteroatoms. The minimum atomic E-state index is -0.708. The Labute approximate surface area is 205 Å². The highest BCUT2D eigenvalue weighted by molar-refractivity contribution is 6.02. The summed E-state index contributed by atoms with van der Waals surface area (Å²) in [5, 5.41) is 0. The van der Waals surface area contributed by atoms with E-state index in [1.165, 1.54) is 12.1 Å². The number of nitrogens with zero attached hydrogens (tertiary/aromatic N) is 3. The number of benzene rings is 2. The molecule has 3 amide bonds. The third-order valence-electron chi connectivity index (χ3n) is 8.02. The van der Waals surface area contributed by atoms with E-state index in [0.717, 1.165) is 30.6 Å². The number of piperidine rings is 1. The van der Waals surface area contributed by atoms with Crippen molar-refractivity contribution >= 4 is 17.7 Å². The van der Waals surface area contributed by atoms with Crippen LogP contribution in [0, 0.1) is 12.7 Å². The van der Waals surface area contributed by atoms with E-state index in [1.54, 1.807) is 17.9 Å². The van der Waals surface area contributed by atoms with Crippen LogP contribution >= 0.6 is 0 Å². The molecule has 0 radical (unpaired) electrons. The van der Waals surface area contributed by atoms with Crippen LogP contribution in [0.25, 0.3) is 0 Å². The standard InChI is InChI=1S/C28H32FN3O3/c1-18(2)32-26(34)22-8-5-4-7-21(22)24(27(35)30-13-6-14-30)28(32)11-15-31(16-12-28)25(33)23-17-20(29)10-9-19(23)3/h4-5,7-10,17-18,24H,6,11-16H2,1-3H3. The summed E-state index contributed by atoms with van der Waals surface area (Å²) < 4.78 is 13.9. The van der Waals surface area contributed by atoms with Crippen molar-refractivity contribution in [2.45, 2.75) is 57.5 Å². The van der Waals surface area contributed by atoms with Crippen LogP contribution < -0.4 is 0 Å². The van der Waals surface area contributed by atoms with Crippen molar-refractivity contribution in [3.63, 3.8) is 0 Å². The Morgan fingerprint density at radius 1 is 1.00 bits per heavy atom. The highest BCUT2D eigenvalue weighted by Gasteiger charge is 2.57. The molecule has 1 unspecified atom stereocenters. The number of carbonyl (C=O) groups is 3. The number of hydrogen-bond acceptors (Lipinski definition) is 3. The highest BCUT2D eigenvalue weighted by Crippen LogP contribution is 2.49. The average molecular weight is 478 g/mol. The largest absolute Gasteiger partial charge is 0.342 e. The van der Waals surface area contributed by atoms with E-state index in [1.807, 2.05) is 47.9 Å². The Balaban J connectivity index is 1.53. The molecule has 2 aromatic carbocycles. The number of halogens is 1. The van der Waals surface area contributed by atoms with Gasteiger partial charge in [0.2, 0.25) is 5.91 Å². The van der Waals surface area contributed by atoms with Crippen LogP contribution in [0.1, 0.15) is 70.9 Å². The van der Waals surface area contributed by atoms with E-state index in [2.05, 4.69) is 0 Å². The summed E-state index contributed by atoms with van der Waals surface area (Å²) in [7, 11) is 0. The van der Waals surface area contributed by atoms with Crippen molar-refractivity contribution in [1.29, 1.82) is 0 Å². The molecule has 0 bridgehead atoms. The van der Waals surface area contributed by atoms with E-state index in [0.29, 0.717) is 37.1 Å². The predicted molar refractivity (Wildman–Crippen MR) is 131 cm³/mol. The second-order valence-corrected chi connectivity index (χ2v) is 10.3. The Morgan fingerprint density at radius 2 is 1.69 bits per heavy atom. The first kappa shape index (κ1) is 23.5. The van der Waals surface area contributed by atoms with Crippen LogP contribution in [0.15, 0.2) is 42.5 Å².